The van der Waals surface area contributed by atoms with Crippen molar-refractivity contribution in [2.75, 3.05) is 46.6 Å². The Bertz CT molecular complexity index is 208. The van der Waals surface area contributed by atoms with E-state index >= 15 is 0 Å². The topological polar surface area (TPSA) is 9.72 Å². The number of hydrogen-bond donors (Lipinski definition) is 0. The lowest BCUT2D eigenvalue weighted by atomic mass is 10.3. The van der Waals surface area contributed by atoms with Gasteiger partial charge in [-0.3, -0.25) is 4.48 Å². The van der Waals surface area contributed by atoms with Crippen LogP contribution in [-0.4, -0.2) is 65.7 Å². The lowest BCUT2D eigenvalue weighted by Crippen LogP contribution is -3.00. The number of nitrogens with zero attached hydrogens (tertiary/aromatic N) is 4. The van der Waals surface area contributed by atoms with Gasteiger partial charge in [-0.05, 0) is 6.08 Å². The quantitative estimate of drug-likeness (QED) is 0.300. The number of rotatable bonds is 2. The smallest absolute Gasteiger partial charge is 0.139 e. The first kappa shape index (κ1) is 10.8. The van der Waals surface area contributed by atoms with Crippen molar-refractivity contribution in [3.05, 3.63) is 12.7 Å². The molecule has 0 unspecified atom stereocenters. The van der Waals surface area contributed by atoms with Crippen LogP contribution < -0.4 is 24.0 Å². The van der Waals surface area contributed by atoms with Gasteiger partial charge in [0.25, 0.3) is 0 Å². The van der Waals surface area contributed by atoms with E-state index in [0.29, 0.717) is 0 Å². The minimum absolute atomic E-state index is 0. The number of quaternary nitrogens is 1. The molecule has 0 aliphatic carbocycles. The first-order chi connectivity index (χ1) is 6.30. The summed E-state index contributed by atoms with van der Waals surface area (Å²) in [4.78, 5) is 7.58. The Morgan fingerprint density at radius 1 is 1.00 bits per heavy atom. The molecule has 0 N–H and O–H groups in total. The van der Waals surface area contributed by atoms with Crippen molar-refractivity contribution in [3.8, 4) is 0 Å². The molecule has 4 aliphatic heterocycles. The Morgan fingerprint density at radius 2 is 1.43 bits per heavy atom. The molecule has 4 bridgehead atoms. The van der Waals surface area contributed by atoms with Crippen LogP contribution in [0.1, 0.15) is 0 Å². The van der Waals surface area contributed by atoms with E-state index in [1.165, 1.54) is 44.5 Å². The molecule has 80 valence electrons. The predicted molar refractivity (Wildman–Crippen MR) is 50.0 cm³/mol. The van der Waals surface area contributed by atoms with Crippen LogP contribution in [0.15, 0.2) is 12.7 Å². The first-order valence-electron chi connectivity index (χ1n) is 4.93. The summed E-state index contributed by atoms with van der Waals surface area (Å²) in [5, 5.41) is 0. The standard InChI is InChI=1S/C9H17N4.HI/c1-2-3-13-7-10-4-11(8-13)6-12(5-10)9-13;/h2H,1,3-9H2;1H/q+1;/p-1. The zero-order chi connectivity index (χ0) is 8.89. The summed E-state index contributed by atoms with van der Waals surface area (Å²) in [5.41, 5.74) is 0. The molecule has 4 heterocycles. The van der Waals surface area contributed by atoms with Gasteiger partial charge in [0, 0.05) is 0 Å². The maximum Gasteiger partial charge on any atom is 0.139 e. The van der Waals surface area contributed by atoms with Crippen molar-refractivity contribution in [3.63, 3.8) is 0 Å². The van der Waals surface area contributed by atoms with Gasteiger partial charge in [-0.15, -0.1) is 0 Å². The molecule has 4 fully saturated rings. The molecule has 4 rings (SSSR count). The van der Waals surface area contributed by atoms with Gasteiger partial charge in [-0.1, -0.05) is 6.58 Å². The third kappa shape index (κ3) is 1.61. The fourth-order valence-electron chi connectivity index (χ4n) is 3.11. The van der Waals surface area contributed by atoms with Gasteiger partial charge in [0.1, 0.15) is 26.6 Å². The normalized spacial score (nSPS) is 48.7. The van der Waals surface area contributed by atoms with Crippen molar-refractivity contribution in [1.29, 1.82) is 0 Å². The van der Waals surface area contributed by atoms with Gasteiger partial charge in [-0.2, -0.15) is 0 Å². The van der Waals surface area contributed by atoms with E-state index in [4.69, 9.17) is 0 Å². The molecule has 0 radical (unpaired) electrons. The van der Waals surface area contributed by atoms with E-state index in [2.05, 4.69) is 27.4 Å². The van der Waals surface area contributed by atoms with Crippen LogP contribution in [0, 0.1) is 0 Å². The Labute approximate surface area is 102 Å². The maximum absolute atomic E-state index is 3.87. The molecule has 4 aliphatic rings. The van der Waals surface area contributed by atoms with Crippen LogP contribution in [0.2, 0.25) is 0 Å². The number of hydrogen-bond acceptors (Lipinski definition) is 3. The van der Waals surface area contributed by atoms with Gasteiger partial charge in [0.05, 0.1) is 20.0 Å². The van der Waals surface area contributed by atoms with E-state index < -0.39 is 0 Å². The van der Waals surface area contributed by atoms with Crippen LogP contribution in [0.4, 0.5) is 0 Å². The van der Waals surface area contributed by atoms with Gasteiger partial charge in [-0.25, -0.2) is 14.7 Å². The third-order valence-electron chi connectivity index (χ3n) is 3.22. The van der Waals surface area contributed by atoms with E-state index in [-0.39, 0.29) is 24.0 Å². The molecule has 0 aromatic rings. The van der Waals surface area contributed by atoms with Gasteiger partial charge < -0.3 is 24.0 Å². The summed E-state index contributed by atoms with van der Waals surface area (Å²) >= 11 is 0. The average Bonchev–Trinajstić information content (AvgIpc) is 2.00. The maximum atomic E-state index is 3.87. The van der Waals surface area contributed by atoms with Crippen molar-refractivity contribution in [2.45, 2.75) is 0 Å². The van der Waals surface area contributed by atoms with Crippen LogP contribution in [0.5, 0.6) is 0 Å². The lowest BCUT2D eigenvalue weighted by Gasteiger charge is -2.60. The molecule has 0 spiro atoms. The highest BCUT2D eigenvalue weighted by Gasteiger charge is 2.47. The monoisotopic (exact) mass is 308 g/mol. The van der Waals surface area contributed by atoms with E-state index in [1.807, 2.05) is 0 Å². The summed E-state index contributed by atoms with van der Waals surface area (Å²) < 4.78 is 1.18. The summed E-state index contributed by atoms with van der Waals surface area (Å²) in [5.74, 6) is 0. The minimum atomic E-state index is 0. The zero-order valence-corrected chi connectivity index (χ0v) is 10.6. The van der Waals surface area contributed by atoms with E-state index in [0.717, 1.165) is 6.54 Å². The van der Waals surface area contributed by atoms with Crippen molar-refractivity contribution >= 4 is 0 Å². The molecule has 0 aromatic carbocycles. The molecule has 0 aromatic heterocycles. The lowest BCUT2D eigenvalue weighted by molar-refractivity contribution is -0.975. The Balaban J connectivity index is 0.000000750. The van der Waals surface area contributed by atoms with Crippen LogP contribution in [0.3, 0.4) is 0 Å². The molecule has 4 saturated heterocycles. The number of halogens is 1. The second kappa shape index (κ2) is 3.71. The van der Waals surface area contributed by atoms with Crippen LogP contribution in [0.25, 0.3) is 0 Å². The minimum Gasteiger partial charge on any atom is -1.00 e. The Morgan fingerprint density at radius 3 is 1.79 bits per heavy atom. The second-order valence-electron chi connectivity index (χ2n) is 4.67. The largest absolute Gasteiger partial charge is 1.00 e. The highest BCUT2D eigenvalue weighted by atomic mass is 127. The molecule has 0 saturated carbocycles. The average molecular weight is 308 g/mol. The first-order valence-corrected chi connectivity index (χ1v) is 4.93. The Hall–Kier alpha value is 0.310. The fraction of sp³-hybridized carbons (Fsp3) is 0.778. The highest BCUT2D eigenvalue weighted by molar-refractivity contribution is 4.77. The summed E-state index contributed by atoms with van der Waals surface area (Å²) in [6, 6.07) is 0. The second-order valence-corrected chi connectivity index (χ2v) is 4.67. The van der Waals surface area contributed by atoms with Crippen LogP contribution in [-0.2, 0) is 0 Å². The van der Waals surface area contributed by atoms with Gasteiger partial charge in [0.15, 0.2) is 0 Å². The van der Waals surface area contributed by atoms with Crippen molar-refractivity contribution in [2.24, 2.45) is 0 Å². The summed E-state index contributed by atoms with van der Waals surface area (Å²) in [6.45, 7) is 12.2. The van der Waals surface area contributed by atoms with Crippen molar-refractivity contribution in [1.82, 2.24) is 14.7 Å². The summed E-state index contributed by atoms with van der Waals surface area (Å²) in [6.07, 6.45) is 2.07. The van der Waals surface area contributed by atoms with Crippen LogP contribution >= 0.6 is 0 Å². The summed E-state index contributed by atoms with van der Waals surface area (Å²) in [7, 11) is 0. The van der Waals surface area contributed by atoms with E-state index in [1.54, 1.807) is 0 Å². The van der Waals surface area contributed by atoms with Gasteiger partial charge in [0.2, 0.25) is 0 Å². The Kier molecular flexibility index (Phi) is 2.87. The zero-order valence-electron chi connectivity index (χ0n) is 8.40. The van der Waals surface area contributed by atoms with Crippen molar-refractivity contribution < 1.29 is 28.5 Å². The van der Waals surface area contributed by atoms with E-state index in [9.17, 15) is 0 Å². The highest BCUT2D eigenvalue weighted by Crippen LogP contribution is 2.27. The molecule has 0 atom stereocenters. The van der Waals surface area contributed by atoms with Gasteiger partial charge >= 0.3 is 0 Å². The molecule has 0 amide bonds. The fourth-order valence-corrected chi connectivity index (χ4v) is 3.11. The molecule has 5 heteroatoms. The molecular formula is C9H17IN4. The SMILES string of the molecule is C=CC[N+]12CN3CN(CN(C3)C1)C2.[I-]. The molecule has 14 heavy (non-hydrogen) atoms. The molecular weight excluding hydrogens is 291 g/mol. The third-order valence-corrected chi connectivity index (χ3v) is 3.22. The predicted octanol–water partition coefficient (Wildman–Crippen LogP) is -3.31. The molecule has 4 nitrogen and oxygen atoms in total.